The average Bonchev–Trinajstić information content (AvgIpc) is 2.45. The number of nitrogens with one attached hydrogen (secondary N) is 2. The second-order valence-electron chi connectivity index (χ2n) is 6.16. The molecule has 0 saturated carbocycles. The molecule has 1 aliphatic heterocycles. The first kappa shape index (κ1) is 15.5. The van der Waals surface area contributed by atoms with Crippen molar-refractivity contribution in [3.05, 3.63) is 29.8 Å². The molecular weight excluding hydrogens is 266 g/mol. The Morgan fingerprint density at radius 1 is 1.48 bits per heavy atom. The van der Waals surface area contributed by atoms with Gasteiger partial charge in [-0.25, -0.2) is 0 Å². The molecule has 21 heavy (non-hydrogen) atoms. The number of hydrogen-bond donors (Lipinski definition) is 3. The largest absolute Gasteiger partial charge is 0.349 e. The maximum atomic E-state index is 12.6. The van der Waals surface area contributed by atoms with E-state index in [2.05, 4.69) is 10.6 Å². The van der Waals surface area contributed by atoms with Crippen LogP contribution in [0.4, 0.5) is 5.69 Å². The molecule has 0 radical (unpaired) electrons. The van der Waals surface area contributed by atoms with Crippen molar-refractivity contribution in [2.75, 3.05) is 11.9 Å². The first-order chi connectivity index (χ1) is 9.87. The van der Waals surface area contributed by atoms with Gasteiger partial charge in [-0.05, 0) is 24.5 Å². The van der Waals surface area contributed by atoms with Gasteiger partial charge in [0.15, 0.2) is 0 Å². The number of fused-ring (bicyclic) bond motifs is 1. The van der Waals surface area contributed by atoms with Crippen molar-refractivity contribution >= 4 is 17.5 Å². The SMILES string of the molecule is CC(C)C(C)(CN)NC(=O)C1CC(=O)Nc2ccccc21. The van der Waals surface area contributed by atoms with E-state index in [1.807, 2.05) is 45.0 Å². The standard InChI is InChI=1S/C16H23N3O2/c1-10(2)16(3,9-17)19-15(21)12-8-14(20)18-13-7-5-4-6-11(12)13/h4-7,10,12H,8-9,17H2,1-3H3,(H,18,20)(H,19,21). The average molecular weight is 289 g/mol. The normalized spacial score (nSPS) is 20.4. The van der Waals surface area contributed by atoms with Gasteiger partial charge in [-0.15, -0.1) is 0 Å². The molecule has 2 unspecified atom stereocenters. The Kier molecular flexibility index (Phi) is 4.32. The van der Waals surface area contributed by atoms with Crippen LogP contribution in [-0.4, -0.2) is 23.9 Å². The number of anilines is 1. The number of para-hydroxylation sites is 1. The van der Waals surface area contributed by atoms with Crippen LogP contribution in [0.2, 0.25) is 0 Å². The van der Waals surface area contributed by atoms with Crippen LogP contribution in [0.5, 0.6) is 0 Å². The Morgan fingerprint density at radius 2 is 2.14 bits per heavy atom. The summed E-state index contributed by atoms with van der Waals surface area (Å²) >= 11 is 0. The van der Waals surface area contributed by atoms with Gasteiger partial charge in [-0.1, -0.05) is 32.0 Å². The molecule has 0 spiro atoms. The van der Waals surface area contributed by atoms with Crippen LogP contribution in [0.3, 0.4) is 0 Å². The Labute approximate surface area is 125 Å². The molecule has 2 rings (SSSR count). The number of rotatable bonds is 4. The summed E-state index contributed by atoms with van der Waals surface area (Å²) in [6.07, 6.45) is 0.168. The molecule has 2 atom stereocenters. The smallest absolute Gasteiger partial charge is 0.228 e. The number of nitrogens with two attached hydrogens (primary N) is 1. The molecule has 5 heteroatoms. The van der Waals surface area contributed by atoms with Crippen molar-refractivity contribution < 1.29 is 9.59 Å². The van der Waals surface area contributed by atoms with Crippen LogP contribution >= 0.6 is 0 Å². The summed E-state index contributed by atoms with van der Waals surface area (Å²) in [7, 11) is 0. The molecule has 1 heterocycles. The van der Waals surface area contributed by atoms with E-state index in [0.29, 0.717) is 12.2 Å². The fourth-order valence-corrected chi connectivity index (χ4v) is 2.44. The van der Waals surface area contributed by atoms with Gasteiger partial charge in [-0.2, -0.15) is 0 Å². The van der Waals surface area contributed by atoms with Crippen molar-refractivity contribution in [2.24, 2.45) is 11.7 Å². The second kappa shape index (κ2) is 5.85. The van der Waals surface area contributed by atoms with E-state index in [1.54, 1.807) is 0 Å². The van der Waals surface area contributed by atoms with Crippen molar-refractivity contribution in [3.63, 3.8) is 0 Å². The topological polar surface area (TPSA) is 84.2 Å². The summed E-state index contributed by atoms with van der Waals surface area (Å²) in [6, 6.07) is 7.42. The number of amides is 2. The van der Waals surface area contributed by atoms with Gasteiger partial charge < -0.3 is 16.4 Å². The van der Waals surface area contributed by atoms with Gasteiger partial charge in [-0.3, -0.25) is 9.59 Å². The fraction of sp³-hybridized carbons (Fsp3) is 0.500. The van der Waals surface area contributed by atoms with Crippen LogP contribution in [0.1, 0.15) is 38.7 Å². The van der Waals surface area contributed by atoms with E-state index in [4.69, 9.17) is 5.73 Å². The highest BCUT2D eigenvalue weighted by molar-refractivity contribution is 6.01. The summed E-state index contributed by atoms with van der Waals surface area (Å²) in [4.78, 5) is 24.4. The zero-order chi connectivity index (χ0) is 15.6. The van der Waals surface area contributed by atoms with Crippen molar-refractivity contribution in [1.29, 1.82) is 0 Å². The first-order valence-electron chi connectivity index (χ1n) is 7.28. The van der Waals surface area contributed by atoms with Crippen LogP contribution in [0.15, 0.2) is 24.3 Å². The van der Waals surface area contributed by atoms with Crippen LogP contribution in [0.25, 0.3) is 0 Å². The third-order valence-corrected chi connectivity index (χ3v) is 4.42. The molecule has 0 aromatic heterocycles. The molecule has 1 aliphatic rings. The van der Waals surface area contributed by atoms with Gasteiger partial charge in [0.2, 0.25) is 11.8 Å². The molecule has 0 saturated heterocycles. The number of hydrogen-bond acceptors (Lipinski definition) is 3. The molecule has 2 amide bonds. The number of benzene rings is 1. The van der Waals surface area contributed by atoms with E-state index in [1.165, 1.54) is 0 Å². The Morgan fingerprint density at radius 3 is 2.76 bits per heavy atom. The lowest BCUT2D eigenvalue weighted by Crippen LogP contribution is -2.56. The van der Waals surface area contributed by atoms with Crippen LogP contribution < -0.4 is 16.4 Å². The third-order valence-electron chi connectivity index (χ3n) is 4.42. The van der Waals surface area contributed by atoms with Gasteiger partial charge in [0, 0.05) is 18.7 Å². The van der Waals surface area contributed by atoms with E-state index in [0.717, 1.165) is 5.56 Å². The molecule has 0 bridgehead atoms. The van der Waals surface area contributed by atoms with Crippen molar-refractivity contribution in [2.45, 2.75) is 38.6 Å². The quantitative estimate of drug-likeness (QED) is 0.787. The van der Waals surface area contributed by atoms with Crippen LogP contribution in [-0.2, 0) is 9.59 Å². The molecular formula is C16H23N3O2. The minimum absolute atomic E-state index is 0.132. The molecule has 0 fully saturated rings. The number of carbonyl (C=O) groups excluding carboxylic acids is 2. The van der Waals surface area contributed by atoms with Crippen LogP contribution in [0, 0.1) is 5.92 Å². The molecule has 5 nitrogen and oxygen atoms in total. The van der Waals surface area contributed by atoms with Crippen molar-refractivity contribution in [3.8, 4) is 0 Å². The molecule has 114 valence electrons. The lowest BCUT2D eigenvalue weighted by Gasteiger charge is -2.36. The van der Waals surface area contributed by atoms with Crippen molar-refractivity contribution in [1.82, 2.24) is 5.32 Å². The fourth-order valence-electron chi connectivity index (χ4n) is 2.44. The molecule has 1 aromatic carbocycles. The van der Waals surface area contributed by atoms with Gasteiger partial charge in [0.25, 0.3) is 0 Å². The predicted octanol–water partition coefficient (Wildman–Crippen LogP) is 1.60. The van der Waals surface area contributed by atoms with E-state index >= 15 is 0 Å². The van der Waals surface area contributed by atoms with E-state index in [-0.39, 0.29) is 24.2 Å². The lowest BCUT2D eigenvalue weighted by molar-refractivity contribution is -0.128. The summed E-state index contributed by atoms with van der Waals surface area (Å²) in [5, 5.41) is 5.83. The predicted molar refractivity (Wildman–Crippen MR) is 82.9 cm³/mol. The Bertz CT molecular complexity index is 556. The minimum atomic E-state index is -0.472. The Hall–Kier alpha value is -1.88. The maximum absolute atomic E-state index is 12.6. The molecule has 0 aliphatic carbocycles. The Balaban J connectivity index is 2.26. The molecule has 1 aromatic rings. The molecule has 4 N–H and O–H groups in total. The monoisotopic (exact) mass is 289 g/mol. The van der Waals surface area contributed by atoms with Gasteiger partial charge in [0.1, 0.15) is 0 Å². The van der Waals surface area contributed by atoms with Gasteiger partial charge in [0.05, 0.1) is 11.5 Å². The van der Waals surface area contributed by atoms with E-state index < -0.39 is 11.5 Å². The summed E-state index contributed by atoms with van der Waals surface area (Å²) < 4.78 is 0. The number of carbonyl (C=O) groups is 2. The summed E-state index contributed by atoms with van der Waals surface area (Å²) in [6.45, 7) is 6.34. The minimum Gasteiger partial charge on any atom is -0.349 e. The van der Waals surface area contributed by atoms with Gasteiger partial charge >= 0.3 is 0 Å². The highest BCUT2D eigenvalue weighted by Gasteiger charge is 2.35. The third kappa shape index (κ3) is 3.08. The maximum Gasteiger partial charge on any atom is 0.228 e. The van der Waals surface area contributed by atoms with E-state index in [9.17, 15) is 9.59 Å². The highest BCUT2D eigenvalue weighted by atomic mass is 16.2. The second-order valence-corrected chi connectivity index (χ2v) is 6.16. The summed E-state index contributed by atoms with van der Waals surface area (Å²) in [5.41, 5.74) is 6.92. The summed E-state index contributed by atoms with van der Waals surface area (Å²) in [5.74, 6) is -0.523. The zero-order valence-electron chi connectivity index (χ0n) is 12.8. The first-order valence-corrected chi connectivity index (χ1v) is 7.28. The lowest BCUT2D eigenvalue weighted by atomic mass is 9.85. The zero-order valence-corrected chi connectivity index (χ0v) is 12.8. The highest BCUT2D eigenvalue weighted by Crippen LogP contribution is 2.32.